The van der Waals surface area contributed by atoms with Gasteiger partial charge in [0.25, 0.3) is 0 Å². The van der Waals surface area contributed by atoms with Crippen molar-refractivity contribution in [1.82, 2.24) is 0 Å². The molecule has 12 heavy (non-hydrogen) atoms. The molecule has 0 saturated heterocycles. The summed E-state index contributed by atoms with van der Waals surface area (Å²) in [5.41, 5.74) is 0. The quantitative estimate of drug-likeness (QED) is 0.605. The van der Waals surface area contributed by atoms with Gasteiger partial charge in [-0.05, 0) is 12.8 Å². The zero-order chi connectivity index (χ0) is 9.45. The van der Waals surface area contributed by atoms with E-state index in [1.54, 1.807) is 5.81 Å². The Balaban J connectivity index is 3.90. The molecule has 0 N–H and O–H groups in total. The topological polar surface area (TPSA) is 59.3 Å². The van der Waals surface area contributed by atoms with Gasteiger partial charge < -0.3 is 0 Å². The fraction of sp³-hybridized carbons (Fsp3) is 0.857. The molecule has 0 amide bonds. The highest BCUT2D eigenvalue weighted by atomic mass is 31.2. The highest BCUT2D eigenvalue weighted by molar-refractivity contribution is 7.59. The summed E-state index contributed by atoms with van der Waals surface area (Å²) in [6.45, 7) is 4.35. The van der Waals surface area contributed by atoms with Crippen molar-refractivity contribution in [3.8, 4) is 5.81 Å². The Morgan fingerprint density at radius 1 is 1.25 bits per heavy atom. The Morgan fingerprint density at radius 2 is 1.67 bits per heavy atom. The smallest absolute Gasteiger partial charge is 0.298 e. The number of rotatable bonds is 6. The first-order chi connectivity index (χ1) is 5.68. The maximum Gasteiger partial charge on any atom is 0.431 e. The summed E-state index contributed by atoms with van der Waals surface area (Å²) in [5.74, 6) is 1.56. The first kappa shape index (κ1) is 11.6. The largest absolute Gasteiger partial charge is 0.431 e. The molecule has 0 saturated carbocycles. The number of hydrogen-bond acceptors (Lipinski definition) is 4. The minimum atomic E-state index is -3.43. The van der Waals surface area contributed by atoms with Crippen LogP contribution in [-0.4, -0.2) is 13.2 Å². The van der Waals surface area contributed by atoms with Gasteiger partial charge in [0, 0.05) is 0 Å². The van der Waals surface area contributed by atoms with Crippen molar-refractivity contribution in [2.75, 3.05) is 13.2 Å². The van der Waals surface area contributed by atoms with Gasteiger partial charge in [0.05, 0.1) is 13.2 Å². The van der Waals surface area contributed by atoms with Crippen molar-refractivity contribution >= 4 is 7.60 Å². The number of nitrogens with zero attached hydrogens (tertiary/aromatic N) is 1. The SMILES string of the molecule is CCCOP(=O)(C#N)OCCC. The summed E-state index contributed by atoms with van der Waals surface area (Å²) in [7, 11) is -3.43. The second-order valence-electron chi connectivity index (χ2n) is 2.26. The Hall–Kier alpha value is -0.360. The first-order valence-electron chi connectivity index (χ1n) is 3.99. The van der Waals surface area contributed by atoms with Crippen molar-refractivity contribution in [1.29, 1.82) is 5.26 Å². The molecule has 0 aliphatic heterocycles. The van der Waals surface area contributed by atoms with E-state index in [1.165, 1.54) is 0 Å². The molecule has 0 fully saturated rings. The van der Waals surface area contributed by atoms with E-state index in [1.807, 2.05) is 13.8 Å². The fourth-order valence-corrected chi connectivity index (χ4v) is 1.55. The minimum Gasteiger partial charge on any atom is -0.298 e. The van der Waals surface area contributed by atoms with Crippen LogP contribution in [0.4, 0.5) is 0 Å². The van der Waals surface area contributed by atoms with E-state index in [2.05, 4.69) is 0 Å². The van der Waals surface area contributed by atoms with E-state index in [-0.39, 0.29) is 0 Å². The fourth-order valence-electron chi connectivity index (χ4n) is 0.518. The Labute approximate surface area is 73.0 Å². The molecule has 5 heteroatoms. The lowest BCUT2D eigenvalue weighted by Crippen LogP contribution is -1.95. The Bertz CT molecular complexity index is 187. The van der Waals surface area contributed by atoms with E-state index in [0.29, 0.717) is 13.2 Å². The molecule has 0 unspecified atom stereocenters. The highest BCUT2D eigenvalue weighted by Gasteiger charge is 2.22. The molecule has 0 aromatic carbocycles. The lowest BCUT2D eigenvalue weighted by molar-refractivity contribution is 0.214. The second kappa shape index (κ2) is 6.19. The summed E-state index contributed by atoms with van der Waals surface area (Å²) in [4.78, 5) is 0. The van der Waals surface area contributed by atoms with Gasteiger partial charge in [-0.2, -0.15) is 5.26 Å². The van der Waals surface area contributed by atoms with Crippen molar-refractivity contribution in [2.45, 2.75) is 26.7 Å². The van der Waals surface area contributed by atoms with Crippen LogP contribution in [0.2, 0.25) is 0 Å². The molecule has 70 valence electrons. The standard InChI is InChI=1S/C7H14NO3P/c1-3-5-10-12(9,7-8)11-6-4-2/h3-6H2,1-2H3. The van der Waals surface area contributed by atoms with Gasteiger partial charge in [0.1, 0.15) is 0 Å². The van der Waals surface area contributed by atoms with Crippen LogP contribution < -0.4 is 0 Å². The van der Waals surface area contributed by atoms with Gasteiger partial charge in [-0.3, -0.25) is 9.05 Å². The Kier molecular flexibility index (Phi) is 6.00. The summed E-state index contributed by atoms with van der Waals surface area (Å²) in [5, 5.41) is 8.48. The van der Waals surface area contributed by atoms with Crippen LogP contribution in [0.3, 0.4) is 0 Å². The molecule has 4 nitrogen and oxygen atoms in total. The van der Waals surface area contributed by atoms with Gasteiger partial charge in [0.15, 0.2) is 5.81 Å². The number of nitriles is 1. The van der Waals surface area contributed by atoms with Gasteiger partial charge in [0.2, 0.25) is 0 Å². The molecule has 0 radical (unpaired) electrons. The van der Waals surface area contributed by atoms with Crippen molar-refractivity contribution in [3.05, 3.63) is 0 Å². The highest BCUT2D eigenvalue weighted by Crippen LogP contribution is 2.46. The van der Waals surface area contributed by atoms with E-state index in [9.17, 15) is 4.57 Å². The maximum atomic E-state index is 11.3. The lowest BCUT2D eigenvalue weighted by atomic mass is 10.5. The normalized spacial score (nSPS) is 11.1. The van der Waals surface area contributed by atoms with Crippen LogP contribution in [-0.2, 0) is 13.6 Å². The minimum absolute atomic E-state index is 0.300. The molecule has 0 aliphatic carbocycles. The van der Waals surface area contributed by atoms with Gasteiger partial charge in [-0.15, -0.1) is 0 Å². The van der Waals surface area contributed by atoms with Crippen molar-refractivity contribution in [3.63, 3.8) is 0 Å². The van der Waals surface area contributed by atoms with Crippen LogP contribution in [0.25, 0.3) is 0 Å². The average molecular weight is 191 g/mol. The molecule has 0 bridgehead atoms. The average Bonchev–Trinajstić information content (AvgIpc) is 2.11. The zero-order valence-electron chi connectivity index (χ0n) is 7.45. The summed E-state index contributed by atoms with van der Waals surface area (Å²) in [6, 6.07) is 0. The maximum absolute atomic E-state index is 11.3. The summed E-state index contributed by atoms with van der Waals surface area (Å²) < 4.78 is 20.9. The monoisotopic (exact) mass is 191 g/mol. The molecule has 0 aromatic rings. The van der Waals surface area contributed by atoms with Crippen molar-refractivity contribution < 1.29 is 13.6 Å². The molecule has 0 aromatic heterocycles. The molecule has 0 heterocycles. The predicted molar refractivity (Wildman–Crippen MR) is 45.7 cm³/mol. The van der Waals surface area contributed by atoms with Crippen LogP contribution >= 0.6 is 7.60 Å². The summed E-state index contributed by atoms with van der Waals surface area (Å²) >= 11 is 0. The third-order valence-corrected chi connectivity index (χ3v) is 2.34. The first-order valence-corrected chi connectivity index (χ1v) is 5.53. The van der Waals surface area contributed by atoms with Gasteiger partial charge in [-0.25, -0.2) is 4.57 Å². The molecule has 0 spiro atoms. The Morgan fingerprint density at radius 3 is 1.92 bits per heavy atom. The zero-order valence-corrected chi connectivity index (χ0v) is 8.34. The van der Waals surface area contributed by atoms with Crippen LogP contribution in [0.15, 0.2) is 0 Å². The predicted octanol–water partition coefficient (Wildman–Crippen LogP) is 2.51. The third kappa shape index (κ3) is 4.50. The van der Waals surface area contributed by atoms with Crippen LogP contribution in [0.5, 0.6) is 0 Å². The van der Waals surface area contributed by atoms with E-state index >= 15 is 0 Å². The third-order valence-electron chi connectivity index (χ3n) is 1.05. The molecular weight excluding hydrogens is 177 g/mol. The van der Waals surface area contributed by atoms with Gasteiger partial charge in [-0.1, -0.05) is 13.8 Å². The second-order valence-corrected chi connectivity index (χ2v) is 3.98. The van der Waals surface area contributed by atoms with E-state index < -0.39 is 7.60 Å². The van der Waals surface area contributed by atoms with Crippen molar-refractivity contribution in [2.24, 2.45) is 0 Å². The summed E-state index contributed by atoms with van der Waals surface area (Å²) in [6.07, 6.45) is 1.45. The van der Waals surface area contributed by atoms with Crippen LogP contribution in [0.1, 0.15) is 26.7 Å². The van der Waals surface area contributed by atoms with E-state index in [0.717, 1.165) is 12.8 Å². The molecular formula is C7H14NO3P. The molecule has 0 aliphatic rings. The molecule has 0 rings (SSSR count). The van der Waals surface area contributed by atoms with Gasteiger partial charge >= 0.3 is 7.60 Å². The number of hydrogen-bond donors (Lipinski definition) is 0. The lowest BCUT2D eigenvalue weighted by Gasteiger charge is -2.09. The molecule has 0 atom stereocenters. The van der Waals surface area contributed by atoms with Crippen LogP contribution in [0, 0.1) is 11.1 Å². The van der Waals surface area contributed by atoms with E-state index in [4.69, 9.17) is 14.3 Å².